The van der Waals surface area contributed by atoms with Crippen LogP contribution in [0.15, 0.2) is 0 Å². The van der Waals surface area contributed by atoms with Crippen LogP contribution in [0.25, 0.3) is 0 Å². The number of hydrogen-bond donors (Lipinski definition) is 0. The van der Waals surface area contributed by atoms with Gasteiger partial charge < -0.3 is 0 Å². The second kappa shape index (κ2) is 4.28. The van der Waals surface area contributed by atoms with Crippen molar-refractivity contribution in [2.45, 2.75) is 104 Å². The van der Waals surface area contributed by atoms with Gasteiger partial charge in [-0.3, -0.25) is 0 Å². The standard InChI is InChI=1S/C24H46/c1-16(17(2,3)4)21(12)22(13,18(5,6)7)24(15)20(10,11)19(8,9)23(21,24)14/h16H,1-15H3. The summed E-state index contributed by atoms with van der Waals surface area (Å²) < 4.78 is 0. The molecule has 0 heterocycles. The van der Waals surface area contributed by atoms with Crippen LogP contribution in [0.3, 0.4) is 0 Å². The van der Waals surface area contributed by atoms with E-state index in [9.17, 15) is 0 Å². The van der Waals surface area contributed by atoms with Gasteiger partial charge in [-0.15, -0.1) is 0 Å². The highest BCUT2D eigenvalue weighted by atomic mass is 15.0. The third kappa shape index (κ3) is 1.38. The molecule has 0 nitrogen and oxygen atoms in total. The van der Waals surface area contributed by atoms with Gasteiger partial charge in [0, 0.05) is 0 Å². The molecule has 2 saturated carbocycles. The molecular weight excluding hydrogens is 288 g/mol. The third-order valence-electron chi connectivity index (χ3n) is 11.8. The zero-order valence-corrected chi connectivity index (χ0v) is 19.6. The zero-order chi connectivity index (χ0) is 19.6. The van der Waals surface area contributed by atoms with E-state index in [0.717, 1.165) is 0 Å². The molecule has 5 atom stereocenters. The second-order valence-corrected chi connectivity index (χ2v) is 13.2. The molecule has 0 aliphatic heterocycles. The van der Waals surface area contributed by atoms with Crippen molar-refractivity contribution >= 4 is 0 Å². The van der Waals surface area contributed by atoms with Crippen molar-refractivity contribution in [1.82, 2.24) is 0 Å². The average Bonchev–Trinajstić information content (AvgIpc) is 2.39. The molecule has 0 bridgehead atoms. The molecule has 0 aromatic rings. The molecule has 0 amide bonds. The summed E-state index contributed by atoms with van der Waals surface area (Å²) in [6, 6.07) is 0. The molecule has 0 radical (unpaired) electrons. The molecule has 142 valence electrons. The molecule has 2 fully saturated rings. The van der Waals surface area contributed by atoms with Gasteiger partial charge in [-0.1, -0.05) is 104 Å². The summed E-state index contributed by atoms with van der Waals surface area (Å²) in [6.45, 7) is 38.1. The summed E-state index contributed by atoms with van der Waals surface area (Å²) in [5.74, 6) is 0.669. The molecule has 0 spiro atoms. The fraction of sp³-hybridized carbons (Fsp3) is 1.00. The Hall–Kier alpha value is 0. The molecule has 24 heavy (non-hydrogen) atoms. The van der Waals surface area contributed by atoms with Gasteiger partial charge in [-0.2, -0.15) is 0 Å². The Morgan fingerprint density at radius 1 is 0.583 bits per heavy atom. The molecule has 2 aliphatic rings. The molecule has 2 aliphatic carbocycles. The highest BCUT2D eigenvalue weighted by Gasteiger charge is 2.96. The lowest BCUT2D eigenvalue weighted by Crippen LogP contribution is -2.95. The fourth-order valence-electron chi connectivity index (χ4n) is 8.95. The zero-order valence-electron chi connectivity index (χ0n) is 19.6. The Bertz CT molecular complexity index is 552. The van der Waals surface area contributed by atoms with Gasteiger partial charge in [0.05, 0.1) is 0 Å². The molecule has 2 rings (SSSR count). The second-order valence-electron chi connectivity index (χ2n) is 13.2. The first kappa shape index (κ1) is 20.3. The van der Waals surface area contributed by atoms with Crippen molar-refractivity contribution in [2.24, 2.45) is 49.2 Å². The summed E-state index contributed by atoms with van der Waals surface area (Å²) in [4.78, 5) is 0. The monoisotopic (exact) mass is 334 g/mol. The van der Waals surface area contributed by atoms with Gasteiger partial charge in [0.25, 0.3) is 0 Å². The van der Waals surface area contributed by atoms with Gasteiger partial charge in [0.2, 0.25) is 0 Å². The van der Waals surface area contributed by atoms with Crippen molar-refractivity contribution in [3.05, 3.63) is 0 Å². The number of fused-ring (bicyclic) bond motifs is 1. The van der Waals surface area contributed by atoms with Crippen molar-refractivity contribution < 1.29 is 0 Å². The van der Waals surface area contributed by atoms with Crippen LogP contribution in [-0.4, -0.2) is 0 Å². The first-order valence-corrected chi connectivity index (χ1v) is 10.2. The minimum atomic E-state index is 0.281. The first-order chi connectivity index (χ1) is 10.2. The number of rotatable bonds is 1. The fourth-order valence-corrected chi connectivity index (χ4v) is 8.95. The minimum Gasteiger partial charge on any atom is -0.0614 e. The molecule has 0 saturated heterocycles. The van der Waals surface area contributed by atoms with Crippen LogP contribution in [-0.2, 0) is 0 Å². The SMILES string of the molecule is CC(C(C)(C)C)C1(C)C(C)(C(C)(C)C)C2(C)C(C)(C)C(C)(C)C12C. The van der Waals surface area contributed by atoms with Crippen molar-refractivity contribution in [3.63, 3.8) is 0 Å². The predicted molar refractivity (Wildman–Crippen MR) is 108 cm³/mol. The smallest absolute Gasteiger partial charge is 0.0140 e. The number of hydrogen-bond acceptors (Lipinski definition) is 0. The Labute approximate surface area is 153 Å². The van der Waals surface area contributed by atoms with Crippen LogP contribution < -0.4 is 0 Å². The van der Waals surface area contributed by atoms with Crippen molar-refractivity contribution in [2.75, 3.05) is 0 Å². The molecule has 0 heteroatoms. The van der Waals surface area contributed by atoms with E-state index < -0.39 is 0 Å². The third-order valence-corrected chi connectivity index (χ3v) is 11.8. The lowest BCUT2D eigenvalue weighted by Gasteiger charge is -3.00. The average molecular weight is 335 g/mol. The van der Waals surface area contributed by atoms with Gasteiger partial charge >= 0.3 is 0 Å². The van der Waals surface area contributed by atoms with E-state index in [4.69, 9.17) is 0 Å². The van der Waals surface area contributed by atoms with E-state index in [1.165, 1.54) is 0 Å². The minimum absolute atomic E-state index is 0.281. The molecular formula is C24H46. The van der Waals surface area contributed by atoms with Gasteiger partial charge in [0.1, 0.15) is 0 Å². The highest BCUT2D eigenvalue weighted by Crippen LogP contribution is 3.01. The van der Waals surface area contributed by atoms with E-state index in [0.29, 0.717) is 43.8 Å². The van der Waals surface area contributed by atoms with Crippen LogP contribution in [0, 0.1) is 49.2 Å². The van der Waals surface area contributed by atoms with E-state index in [2.05, 4.69) is 104 Å². The van der Waals surface area contributed by atoms with Crippen LogP contribution in [0.2, 0.25) is 0 Å². The van der Waals surface area contributed by atoms with E-state index in [-0.39, 0.29) is 5.41 Å². The summed E-state index contributed by atoms with van der Waals surface area (Å²) in [7, 11) is 0. The Balaban J connectivity index is 2.85. The first-order valence-electron chi connectivity index (χ1n) is 10.2. The molecule has 0 aromatic carbocycles. The van der Waals surface area contributed by atoms with Crippen molar-refractivity contribution in [1.29, 1.82) is 0 Å². The maximum Gasteiger partial charge on any atom is -0.0140 e. The van der Waals surface area contributed by atoms with Crippen LogP contribution in [0.5, 0.6) is 0 Å². The Kier molecular flexibility index (Phi) is 3.62. The van der Waals surface area contributed by atoms with Crippen LogP contribution in [0.1, 0.15) is 104 Å². The normalized spacial score (nSPS) is 48.1. The predicted octanol–water partition coefficient (Wildman–Crippen LogP) is 7.82. The molecule has 0 aromatic heterocycles. The van der Waals surface area contributed by atoms with Gasteiger partial charge in [0.15, 0.2) is 0 Å². The van der Waals surface area contributed by atoms with Crippen LogP contribution >= 0.6 is 0 Å². The van der Waals surface area contributed by atoms with E-state index in [1.807, 2.05) is 0 Å². The maximum absolute atomic E-state index is 2.65. The topological polar surface area (TPSA) is 0 Å². The van der Waals surface area contributed by atoms with E-state index >= 15 is 0 Å². The molecule has 0 N–H and O–H groups in total. The lowest BCUT2D eigenvalue weighted by atomic mass is 9.04. The molecule has 5 unspecified atom stereocenters. The quantitative estimate of drug-likeness (QED) is 0.458. The maximum atomic E-state index is 2.65. The summed E-state index contributed by atoms with van der Waals surface area (Å²) in [5.41, 5.74) is 2.60. The Morgan fingerprint density at radius 3 is 1.21 bits per heavy atom. The van der Waals surface area contributed by atoms with Gasteiger partial charge in [-0.25, -0.2) is 0 Å². The Morgan fingerprint density at radius 2 is 0.917 bits per heavy atom. The lowest BCUT2D eigenvalue weighted by molar-refractivity contribution is -0.531. The summed E-state index contributed by atoms with van der Waals surface area (Å²) in [5, 5.41) is 0. The largest absolute Gasteiger partial charge is 0.0614 e. The van der Waals surface area contributed by atoms with Gasteiger partial charge in [-0.05, 0) is 49.2 Å². The highest BCUT2D eigenvalue weighted by molar-refractivity contribution is 5.43. The summed E-state index contributed by atoms with van der Waals surface area (Å²) >= 11 is 0. The van der Waals surface area contributed by atoms with Crippen LogP contribution in [0.4, 0.5) is 0 Å². The van der Waals surface area contributed by atoms with E-state index in [1.54, 1.807) is 0 Å². The van der Waals surface area contributed by atoms with Crippen molar-refractivity contribution in [3.8, 4) is 0 Å². The summed E-state index contributed by atoms with van der Waals surface area (Å²) in [6.07, 6.45) is 0.